The van der Waals surface area contributed by atoms with Gasteiger partial charge in [0.25, 0.3) is 0 Å². The molecule has 0 amide bonds. The van der Waals surface area contributed by atoms with Crippen molar-refractivity contribution in [2.24, 2.45) is 0 Å². The van der Waals surface area contributed by atoms with Gasteiger partial charge in [-0.15, -0.1) is 0 Å². The number of halogens is 2. The van der Waals surface area contributed by atoms with Crippen molar-refractivity contribution < 1.29 is 157 Å². The zero-order valence-corrected chi connectivity index (χ0v) is 15.7. The van der Waals surface area contributed by atoms with Crippen LogP contribution in [0.25, 0.3) is 5.41 Å². The summed E-state index contributed by atoms with van der Waals surface area (Å²) in [5.74, 6) is 0. The predicted molar refractivity (Wildman–Crippen MR) is 16.0 cm³/mol. The molecule has 0 bridgehead atoms. The second kappa shape index (κ2) is 41.4. The summed E-state index contributed by atoms with van der Waals surface area (Å²) >= 11 is 3.70. The van der Waals surface area contributed by atoms with Gasteiger partial charge in [-0.2, -0.15) is 5.16 Å². The molecule has 0 fully saturated rings. The molecule has 0 saturated heterocycles. The molecule has 1 nitrogen and oxygen atoms in total. The molecule has 0 aromatic rings. The maximum atomic E-state index is 7.13. The van der Waals surface area contributed by atoms with Gasteiger partial charge in [0.1, 0.15) is 0 Å². The summed E-state index contributed by atoms with van der Waals surface area (Å²) in [5, 5.41) is 8.47. The van der Waals surface area contributed by atoms with Crippen LogP contribution in [0.4, 0.5) is 0 Å². The van der Waals surface area contributed by atoms with Crippen molar-refractivity contribution >= 4 is 17.4 Å². The maximum Gasteiger partial charge on any atom is 1.00 e. The Morgan fingerprint density at radius 1 is 1.12 bits per heavy atom. The molecule has 0 N–H and O–H groups in total. The van der Waals surface area contributed by atoms with Crippen molar-refractivity contribution in [1.29, 1.82) is 0 Å². The maximum absolute atomic E-state index is 7.13. The van der Waals surface area contributed by atoms with Gasteiger partial charge in [-0.25, -0.2) is 0 Å². The Bertz CT molecular complexity index is 41.0. The standard InChI is InChI=1S/CNS.2ClH.2K.Na/c2-1-3;;;;;/h;2*1H;;;/q-1;;;3*+1/p-2. The van der Waals surface area contributed by atoms with Crippen LogP contribution in [0.2, 0.25) is 0 Å². The summed E-state index contributed by atoms with van der Waals surface area (Å²) in [7, 11) is 0. The van der Waals surface area contributed by atoms with Crippen molar-refractivity contribution in [1.82, 2.24) is 0 Å². The Labute approximate surface area is 174 Å². The first kappa shape index (κ1) is 38.8. The van der Waals surface area contributed by atoms with Crippen LogP contribution >= 0.6 is 12.2 Å². The van der Waals surface area contributed by atoms with E-state index in [0.717, 1.165) is 0 Å². The van der Waals surface area contributed by atoms with Gasteiger partial charge < -0.3 is 30.2 Å². The molecule has 0 aliphatic carbocycles. The minimum absolute atomic E-state index is 0. The Hall–Kier alpha value is 4.65. The van der Waals surface area contributed by atoms with Crippen LogP contribution in [0.1, 0.15) is 0 Å². The van der Waals surface area contributed by atoms with Crippen LogP contribution < -0.4 is 157 Å². The number of hydrogen-bond donors (Lipinski definition) is 0. The van der Waals surface area contributed by atoms with E-state index in [1.165, 1.54) is 5.16 Å². The van der Waals surface area contributed by atoms with Gasteiger partial charge in [0.05, 0.1) is 0 Å². The molecule has 0 saturated carbocycles. The molecular weight excluding hydrogens is 230 g/mol. The second-order valence-electron chi connectivity index (χ2n) is 0.0913. The molecule has 0 unspecified atom stereocenters. The van der Waals surface area contributed by atoms with Crippen LogP contribution in [0.15, 0.2) is 0 Å². The van der Waals surface area contributed by atoms with Crippen molar-refractivity contribution in [3.05, 3.63) is 5.41 Å². The van der Waals surface area contributed by atoms with Crippen LogP contribution in [0.3, 0.4) is 0 Å². The van der Waals surface area contributed by atoms with Gasteiger partial charge in [-0.3, -0.25) is 0 Å². The van der Waals surface area contributed by atoms with E-state index in [-0.39, 0.29) is 157 Å². The molecule has 0 aliphatic heterocycles. The van der Waals surface area contributed by atoms with Crippen molar-refractivity contribution in [3.63, 3.8) is 0 Å². The monoisotopic (exact) mass is 229 g/mol. The van der Waals surface area contributed by atoms with Crippen LogP contribution in [0.5, 0.6) is 0 Å². The first-order valence-electron chi connectivity index (χ1n) is 0.428. The summed E-state index contributed by atoms with van der Waals surface area (Å²) < 4.78 is 0. The normalized spacial score (nSPS) is 1.00. The summed E-state index contributed by atoms with van der Waals surface area (Å²) in [6.45, 7) is 0. The molecule has 0 rings (SSSR count). The SMILES string of the molecule is [Cl-].[Cl-].[K+].[K+].[N-]=C=S.[Na+]. The Morgan fingerprint density at radius 3 is 1.12 bits per heavy atom. The minimum Gasteiger partial charge on any atom is -1.00 e. The van der Waals surface area contributed by atoms with E-state index in [1.54, 1.807) is 0 Å². The van der Waals surface area contributed by atoms with E-state index < -0.39 is 0 Å². The molecule has 8 heavy (non-hydrogen) atoms. The van der Waals surface area contributed by atoms with Gasteiger partial charge >= 0.3 is 132 Å². The molecule has 0 aliphatic rings. The Balaban J connectivity index is -0.00000000200. The molecule has 0 spiro atoms. The zero-order valence-electron chi connectivity index (χ0n) is 5.11. The van der Waals surface area contributed by atoms with E-state index in [0.29, 0.717) is 0 Å². The minimum atomic E-state index is 0. The fourth-order valence-electron chi connectivity index (χ4n) is 0. The fraction of sp³-hybridized carbons (Fsp3) is 0. The van der Waals surface area contributed by atoms with E-state index in [1.807, 2.05) is 0 Å². The third kappa shape index (κ3) is 45.9. The number of rotatable bonds is 0. The molecular formula is CCl2K2NNaS. The summed E-state index contributed by atoms with van der Waals surface area (Å²) in [6.07, 6.45) is 0. The molecule has 0 radical (unpaired) electrons. The number of hydrogen-bond acceptors (Lipinski definition) is 1. The predicted octanol–water partition coefficient (Wildman–Crippen LogP) is -14.3. The fourth-order valence-corrected chi connectivity index (χ4v) is 0. The van der Waals surface area contributed by atoms with Crippen molar-refractivity contribution in [2.45, 2.75) is 0 Å². The van der Waals surface area contributed by atoms with Crippen molar-refractivity contribution in [2.75, 3.05) is 0 Å². The van der Waals surface area contributed by atoms with Gasteiger partial charge in [0, 0.05) is 0 Å². The van der Waals surface area contributed by atoms with E-state index in [2.05, 4.69) is 12.2 Å². The third-order valence-electron chi connectivity index (χ3n) is 0. The zero-order chi connectivity index (χ0) is 2.71. The van der Waals surface area contributed by atoms with Gasteiger partial charge in [0.2, 0.25) is 0 Å². The van der Waals surface area contributed by atoms with Gasteiger partial charge in [0.15, 0.2) is 0 Å². The molecule has 0 aromatic carbocycles. The Morgan fingerprint density at radius 2 is 1.12 bits per heavy atom. The number of isothiocyanates is 1. The van der Waals surface area contributed by atoms with Crippen LogP contribution in [0, 0.1) is 0 Å². The third-order valence-corrected chi connectivity index (χ3v) is 0. The topological polar surface area (TPSA) is 22.3 Å². The van der Waals surface area contributed by atoms with E-state index in [4.69, 9.17) is 5.41 Å². The largest absolute Gasteiger partial charge is 1.00 e. The average Bonchev–Trinajstić information content (AvgIpc) is 0.918. The molecule has 0 heterocycles. The first-order chi connectivity index (χ1) is 1.41. The summed E-state index contributed by atoms with van der Waals surface area (Å²) in [5.41, 5.74) is 0. The smallest absolute Gasteiger partial charge is 1.00 e. The van der Waals surface area contributed by atoms with E-state index >= 15 is 0 Å². The number of nitrogens with zero attached hydrogens (tertiary/aromatic N) is 1. The molecule has 0 atom stereocenters. The van der Waals surface area contributed by atoms with Crippen molar-refractivity contribution in [3.8, 4) is 0 Å². The van der Waals surface area contributed by atoms with E-state index in [9.17, 15) is 0 Å². The second-order valence-corrected chi connectivity index (χ2v) is 0.274. The molecule has 0 aromatic heterocycles. The van der Waals surface area contributed by atoms with Gasteiger partial charge in [-0.1, -0.05) is 12.2 Å². The molecule has 32 valence electrons. The quantitative estimate of drug-likeness (QED) is 0.230. The van der Waals surface area contributed by atoms with Crippen LogP contribution in [-0.2, 0) is 0 Å². The summed E-state index contributed by atoms with van der Waals surface area (Å²) in [4.78, 5) is 0. The average molecular weight is 230 g/mol. The van der Waals surface area contributed by atoms with Crippen LogP contribution in [-0.4, -0.2) is 5.16 Å². The first-order valence-corrected chi connectivity index (χ1v) is 0.836. The summed E-state index contributed by atoms with van der Waals surface area (Å²) in [6, 6.07) is 0. The molecule has 7 heteroatoms. The van der Waals surface area contributed by atoms with Gasteiger partial charge in [-0.05, 0) is 0 Å². The number of thiocarbonyl (C=S) groups is 1. The Kier molecular flexibility index (Phi) is 201.